The van der Waals surface area contributed by atoms with Gasteiger partial charge in [-0.05, 0) is 32.0 Å². The number of nitriles is 1. The second-order valence-corrected chi connectivity index (χ2v) is 5.97. The average Bonchev–Trinajstić information content (AvgIpc) is 2.61. The van der Waals surface area contributed by atoms with Crippen molar-refractivity contribution in [1.82, 2.24) is 9.97 Å². The average molecular weight is 340 g/mol. The minimum Gasteiger partial charge on any atom is -0.370 e. The molecule has 0 aliphatic carbocycles. The highest BCUT2D eigenvalue weighted by molar-refractivity contribution is 5.52. The number of rotatable bonds is 4. The molecule has 0 bridgehead atoms. The maximum Gasteiger partial charge on any atom is 0.227 e. The standard InChI is InChI=1S/C18H21FN6/c1-3-21-17-10-13(2)22-18(23-17)25-8-6-24(7-9-25)15-5-4-14(12-20)16(19)11-15/h4-5,10-11H,3,6-9H2,1-2H3,(H,21,22,23). The highest BCUT2D eigenvalue weighted by Gasteiger charge is 2.20. The molecule has 7 heteroatoms. The number of piperazine rings is 1. The van der Waals surface area contributed by atoms with Gasteiger partial charge in [0.15, 0.2) is 0 Å². The summed E-state index contributed by atoms with van der Waals surface area (Å²) in [5.41, 5.74) is 1.80. The zero-order chi connectivity index (χ0) is 17.8. The molecular weight excluding hydrogens is 319 g/mol. The molecule has 1 N–H and O–H groups in total. The van der Waals surface area contributed by atoms with Crippen LogP contribution in [0.1, 0.15) is 18.2 Å². The second-order valence-electron chi connectivity index (χ2n) is 5.97. The molecule has 0 atom stereocenters. The predicted molar refractivity (Wildman–Crippen MR) is 96.5 cm³/mol. The molecule has 25 heavy (non-hydrogen) atoms. The van der Waals surface area contributed by atoms with Gasteiger partial charge in [0.1, 0.15) is 17.7 Å². The second kappa shape index (κ2) is 7.34. The van der Waals surface area contributed by atoms with Gasteiger partial charge in [-0.25, -0.2) is 9.37 Å². The van der Waals surface area contributed by atoms with Crippen LogP contribution in [0.2, 0.25) is 0 Å². The van der Waals surface area contributed by atoms with Gasteiger partial charge in [0.25, 0.3) is 0 Å². The van der Waals surface area contributed by atoms with E-state index < -0.39 is 5.82 Å². The lowest BCUT2D eigenvalue weighted by molar-refractivity contribution is 0.614. The Hall–Kier alpha value is -2.88. The summed E-state index contributed by atoms with van der Waals surface area (Å²) in [6.07, 6.45) is 0. The first-order chi connectivity index (χ1) is 12.1. The minimum atomic E-state index is -0.472. The quantitative estimate of drug-likeness (QED) is 0.922. The maximum atomic E-state index is 13.8. The maximum absolute atomic E-state index is 13.8. The number of hydrogen-bond acceptors (Lipinski definition) is 6. The van der Waals surface area contributed by atoms with E-state index >= 15 is 0 Å². The molecule has 0 amide bonds. The molecule has 1 saturated heterocycles. The Morgan fingerprint density at radius 2 is 1.88 bits per heavy atom. The van der Waals surface area contributed by atoms with E-state index in [-0.39, 0.29) is 5.56 Å². The van der Waals surface area contributed by atoms with Crippen LogP contribution in [0.5, 0.6) is 0 Å². The number of halogens is 1. The van der Waals surface area contributed by atoms with Crippen molar-refractivity contribution in [2.75, 3.05) is 47.8 Å². The van der Waals surface area contributed by atoms with E-state index in [4.69, 9.17) is 5.26 Å². The van der Waals surface area contributed by atoms with E-state index in [1.807, 2.05) is 26.0 Å². The van der Waals surface area contributed by atoms with E-state index in [1.165, 1.54) is 12.1 Å². The molecule has 2 aromatic rings. The molecule has 2 heterocycles. The van der Waals surface area contributed by atoms with Gasteiger partial charge >= 0.3 is 0 Å². The van der Waals surface area contributed by atoms with Gasteiger partial charge in [-0.2, -0.15) is 10.2 Å². The molecule has 0 radical (unpaired) electrons. The highest BCUT2D eigenvalue weighted by Crippen LogP contribution is 2.22. The molecule has 1 aliphatic rings. The first-order valence-corrected chi connectivity index (χ1v) is 8.40. The summed E-state index contributed by atoms with van der Waals surface area (Å²) in [6, 6.07) is 8.54. The minimum absolute atomic E-state index is 0.0755. The van der Waals surface area contributed by atoms with Crippen LogP contribution >= 0.6 is 0 Å². The number of anilines is 3. The Kier molecular flexibility index (Phi) is 4.98. The number of aryl methyl sites for hydroxylation is 1. The van der Waals surface area contributed by atoms with Crippen LogP contribution in [0.15, 0.2) is 24.3 Å². The monoisotopic (exact) mass is 340 g/mol. The number of hydrogen-bond donors (Lipinski definition) is 1. The zero-order valence-electron chi connectivity index (χ0n) is 14.5. The van der Waals surface area contributed by atoms with Gasteiger partial charge in [0, 0.05) is 50.2 Å². The summed E-state index contributed by atoms with van der Waals surface area (Å²) < 4.78 is 13.8. The molecule has 1 aromatic carbocycles. The molecule has 3 rings (SSSR count). The van der Waals surface area contributed by atoms with Gasteiger partial charge in [-0.1, -0.05) is 0 Å². The van der Waals surface area contributed by atoms with Crippen molar-refractivity contribution in [2.24, 2.45) is 0 Å². The number of nitrogens with one attached hydrogen (secondary N) is 1. The highest BCUT2D eigenvalue weighted by atomic mass is 19.1. The molecule has 0 saturated carbocycles. The van der Waals surface area contributed by atoms with Crippen LogP contribution in [0.25, 0.3) is 0 Å². The summed E-state index contributed by atoms with van der Waals surface area (Å²) in [5.74, 6) is 1.09. The normalized spacial score (nSPS) is 14.3. The van der Waals surface area contributed by atoms with Crippen molar-refractivity contribution < 1.29 is 4.39 Å². The van der Waals surface area contributed by atoms with Crippen LogP contribution in [-0.4, -0.2) is 42.7 Å². The van der Waals surface area contributed by atoms with Gasteiger partial charge in [0.05, 0.1) is 5.56 Å². The molecule has 1 aliphatic heterocycles. The third kappa shape index (κ3) is 3.79. The fourth-order valence-corrected chi connectivity index (χ4v) is 2.92. The molecule has 0 unspecified atom stereocenters. The molecule has 0 spiro atoms. The smallest absolute Gasteiger partial charge is 0.227 e. The van der Waals surface area contributed by atoms with Crippen molar-refractivity contribution in [1.29, 1.82) is 5.26 Å². The Morgan fingerprint density at radius 1 is 1.16 bits per heavy atom. The van der Waals surface area contributed by atoms with Crippen LogP contribution in [0, 0.1) is 24.1 Å². The lowest BCUT2D eigenvalue weighted by atomic mass is 10.2. The lowest BCUT2D eigenvalue weighted by Gasteiger charge is -2.36. The van der Waals surface area contributed by atoms with Crippen molar-refractivity contribution >= 4 is 17.5 Å². The van der Waals surface area contributed by atoms with E-state index in [9.17, 15) is 4.39 Å². The molecule has 130 valence electrons. The van der Waals surface area contributed by atoms with Crippen LogP contribution in [0.3, 0.4) is 0 Å². The summed E-state index contributed by atoms with van der Waals surface area (Å²) in [5, 5.41) is 12.1. The first-order valence-electron chi connectivity index (χ1n) is 8.40. The largest absolute Gasteiger partial charge is 0.370 e. The summed E-state index contributed by atoms with van der Waals surface area (Å²) in [6.45, 7) is 7.83. The van der Waals surface area contributed by atoms with Crippen molar-refractivity contribution in [3.05, 3.63) is 41.3 Å². The van der Waals surface area contributed by atoms with Crippen LogP contribution < -0.4 is 15.1 Å². The van der Waals surface area contributed by atoms with Gasteiger partial charge in [-0.3, -0.25) is 0 Å². The van der Waals surface area contributed by atoms with Gasteiger partial charge in [0.2, 0.25) is 5.95 Å². The first kappa shape index (κ1) is 17.0. The van der Waals surface area contributed by atoms with Crippen molar-refractivity contribution in [3.8, 4) is 6.07 Å². The number of nitrogens with zero attached hydrogens (tertiary/aromatic N) is 5. The molecular formula is C18H21FN6. The zero-order valence-corrected chi connectivity index (χ0v) is 14.5. The third-order valence-corrected chi connectivity index (χ3v) is 4.20. The Bertz CT molecular complexity index is 793. The fraction of sp³-hybridized carbons (Fsp3) is 0.389. The summed E-state index contributed by atoms with van der Waals surface area (Å²) >= 11 is 0. The van der Waals surface area contributed by atoms with Crippen LogP contribution in [-0.2, 0) is 0 Å². The Morgan fingerprint density at radius 3 is 2.52 bits per heavy atom. The fourth-order valence-electron chi connectivity index (χ4n) is 2.92. The Balaban J connectivity index is 1.70. The summed E-state index contributed by atoms with van der Waals surface area (Å²) in [7, 11) is 0. The van der Waals surface area contributed by atoms with Crippen molar-refractivity contribution in [3.63, 3.8) is 0 Å². The van der Waals surface area contributed by atoms with E-state index in [0.29, 0.717) is 0 Å². The molecule has 1 aromatic heterocycles. The summed E-state index contributed by atoms with van der Waals surface area (Å²) in [4.78, 5) is 13.4. The van der Waals surface area contributed by atoms with Gasteiger partial charge in [-0.15, -0.1) is 0 Å². The third-order valence-electron chi connectivity index (χ3n) is 4.20. The molecule has 1 fully saturated rings. The van der Waals surface area contributed by atoms with E-state index in [0.717, 1.165) is 55.9 Å². The SMILES string of the molecule is CCNc1cc(C)nc(N2CCN(c3ccc(C#N)c(F)c3)CC2)n1. The van der Waals surface area contributed by atoms with Gasteiger partial charge < -0.3 is 15.1 Å². The Labute approximate surface area is 146 Å². The van der Waals surface area contributed by atoms with E-state index in [2.05, 4.69) is 25.1 Å². The topological polar surface area (TPSA) is 68.1 Å². The molecule has 6 nitrogen and oxygen atoms in total. The lowest BCUT2D eigenvalue weighted by Crippen LogP contribution is -2.47. The number of aromatic nitrogens is 2. The van der Waals surface area contributed by atoms with Crippen molar-refractivity contribution in [2.45, 2.75) is 13.8 Å². The predicted octanol–water partition coefficient (Wildman–Crippen LogP) is 2.55. The van der Waals surface area contributed by atoms with E-state index in [1.54, 1.807) is 6.07 Å². The van der Waals surface area contributed by atoms with Crippen LogP contribution in [0.4, 0.5) is 21.8 Å². The number of benzene rings is 1.